The molecule has 0 atom stereocenters. The zero-order chi connectivity index (χ0) is 7.70. The van der Waals surface area contributed by atoms with Crippen LogP contribution in [0.25, 0.3) is 0 Å². The summed E-state index contributed by atoms with van der Waals surface area (Å²) in [7, 11) is 0. The molecule has 0 spiro atoms. The second kappa shape index (κ2) is 10.4. The van der Waals surface area contributed by atoms with E-state index in [1.165, 1.54) is 0 Å². The van der Waals surface area contributed by atoms with Gasteiger partial charge in [-0.05, 0) is 13.8 Å². The van der Waals surface area contributed by atoms with Crippen LogP contribution in [0.3, 0.4) is 0 Å². The third-order valence-electron chi connectivity index (χ3n) is 0.235. The van der Waals surface area contributed by atoms with Gasteiger partial charge in [0.15, 0.2) is 0 Å². The molecular weight excluding hydrogens is 138 g/mol. The fraction of sp³-hybridized carbons (Fsp3) is 0.600. The Hall–Kier alpha value is -0.640. The highest BCUT2D eigenvalue weighted by Crippen LogP contribution is 1.55. The minimum Gasteiger partial charge on any atom is -0.468 e. The highest BCUT2D eigenvalue weighted by atomic mass is 32.1. The summed E-state index contributed by atoms with van der Waals surface area (Å²) in [6, 6.07) is 0. The van der Waals surface area contributed by atoms with Crippen molar-refractivity contribution in [1.29, 1.82) is 0 Å². The van der Waals surface area contributed by atoms with Crippen LogP contribution in [0, 0.1) is 0 Å². The van der Waals surface area contributed by atoms with Crippen molar-refractivity contribution in [2.75, 3.05) is 6.61 Å². The topological polar surface area (TPSA) is 52.3 Å². The maximum atomic E-state index is 9.18. The van der Waals surface area contributed by atoms with Gasteiger partial charge in [-0.2, -0.15) is 0 Å². The molecule has 0 bridgehead atoms. The van der Waals surface area contributed by atoms with Gasteiger partial charge in [-0.25, -0.2) is 0 Å². The van der Waals surface area contributed by atoms with E-state index in [4.69, 9.17) is 5.73 Å². The average molecular weight is 149 g/mol. The van der Waals surface area contributed by atoms with Crippen LogP contribution in [0.2, 0.25) is 0 Å². The fourth-order valence-electron chi connectivity index (χ4n) is 0.0680. The van der Waals surface area contributed by atoms with Gasteiger partial charge in [0.25, 0.3) is 6.47 Å². The van der Waals surface area contributed by atoms with E-state index < -0.39 is 0 Å². The van der Waals surface area contributed by atoms with Crippen molar-refractivity contribution in [1.82, 2.24) is 0 Å². The fourth-order valence-corrected chi connectivity index (χ4v) is 0.0680. The van der Waals surface area contributed by atoms with Crippen LogP contribution >= 0.6 is 12.2 Å². The molecule has 0 rings (SSSR count). The molecule has 0 unspecified atom stereocenters. The first-order valence-corrected chi connectivity index (χ1v) is 2.87. The van der Waals surface area contributed by atoms with Crippen molar-refractivity contribution in [3.05, 3.63) is 0 Å². The zero-order valence-corrected chi connectivity index (χ0v) is 6.40. The first-order chi connectivity index (χ1) is 4.15. The normalized spacial score (nSPS) is 6.44. The minimum atomic E-state index is 0.431. The van der Waals surface area contributed by atoms with Crippen molar-refractivity contribution >= 4 is 23.7 Å². The first kappa shape index (κ1) is 11.2. The predicted molar refractivity (Wildman–Crippen MR) is 40.1 cm³/mol. The lowest BCUT2D eigenvalue weighted by Gasteiger charge is -1.79. The standard InChI is InChI=1S/C3H6O2.C2H5NS/c1-2-5-3-4;1-2(3)4/h3H,2H2,1H3;1H3,(H2,3,4). The quantitative estimate of drug-likeness (QED) is 0.458. The monoisotopic (exact) mass is 149 g/mol. The molecular formula is C5H11NO2S. The smallest absolute Gasteiger partial charge is 0.293 e. The first-order valence-electron chi connectivity index (χ1n) is 2.46. The summed E-state index contributed by atoms with van der Waals surface area (Å²) in [6.45, 7) is 4.34. The molecule has 0 saturated heterocycles. The molecule has 2 N–H and O–H groups in total. The number of ether oxygens (including phenoxy) is 1. The summed E-state index contributed by atoms with van der Waals surface area (Å²) < 4.78 is 4.15. The Labute approximate surface area is 60.2 Å². The van der Waals surface area contributed by atoms with Gasteiger partial charge in [-0.15, -0.1) is 0 Å². The van der Waals surface area contributed by atoms with E-state index in [-0.39, 0.29) is 0 Å². The molecule has 0 aliphatic rings. The predicted octanol–water partition coefficient (Wildman–Crippen LogP) is 0.472. The maximum Gasteiger partial charge on any atom is 0.293 e. The van der Waals surface area contributed by atoms with E-state index in [1.807, 2.05) is 0 Å². The molecule has 4 heteroatoms. The van der Waals surface area contributed by atoms with Crippen molar-refractivity contribution in [2.24, 2.45) is 5.73 Å². The van der Waals surface area contributed by atoms with Gasteiger partial charge >= 0.3 is 0 Å². The molecule has 0 saturated carbocycles. The van der Waals surface area contributed by atoms with Gasteiger partial charge < -0.3 is 10.5 Å². The van der Waals surface area contributed by atoms with E-state index in [9.17, 15) is 4.79 Å². The lowest BCUT2D eigenvalue weighted by atomic mass is 10.8. The number of carbonyl (C=O) groups excluding carboxylic acids is 1. The summed E-state index contributed by atoms with van der Waals surface area (Å²) >= 11 is 4.31. The molecule has 0 amide bonds. The number of rotatable bonds is 2. The molecule has 0 fully saturated rings. The molecule has 0 aromatic carbocycles. The Morgan fingerprint density at radius 2 is 2.22 bits per heavy atom. The molecule has 0 heterocycles. The summed E-state index contributed by atoms with van der Waals surface area (Å²) in [6.07, 6.45) is 0. The van der Waals surface area contributed by atoms with Crippen molar-refractivity contribution in [2.45, 2.75) is 13.8 Å². The lowest BCUT2D eigenvalue weighted by Crippen LogP contribution is -1.98. The summed E-state index contributed by atoms with van der Waals surface area (Å²) in [5.41, 5.74) is 4.84. The highest BCUT2D eigenvalue weighted by molar-refractivity contribution is 7.80. The van der Waals surface area contributed by atoms with Gasteiger partial charge in [0.05, 0.1) is 11.6 Å². The Morgan fingerprint density at radius 3 is 2.22 bits per heavy atom. The molecule has 9 heavy (non-hydrogen) atoms. The van der Waals surface area contributed by atoms with Crippen LogP contribution in [0.5, 0.6) is 0 Å². The van der Waals surface area contributed by atoms with E-state index in [0.717, 1.165) is 0 Å². The van der Waals surface area contributed by atoms with Crippen molar-refractivity contribution in [3.8, 4) is 0 Å². The Kier molecular flexibility index (Phi) is 12.9. The number of thiocarbonyl (C=S) groups is 1. The van der Waals surface area contributed by atoms with Crippen molar-refractivity contribution in [3.63, 3.8) is 0 Å². The molecule has 0 radical (unpaired) electrons. The van der Waals surface area contributed by atoms with Gasteiger partial charge in [0, 0.05) is 0 Å². The Morgan fingerprint density at radius 1 is 1.89 bits per heavy atom. The number of carbonyl (C=O) groups is 1. The van der Waals surface area contributed by atoms with Crippen LogP contribution in [-0.2, 0) is 9.53 Å². The van der Waals surface area contributed by atoms with Gasteiger partial charge in [0.1, 0.15) is 0 Å². The second-order valence-electron chi connectivity index (χ2n) is 1.16. The van der Waals surface area contributed by atoms with Gasteiger partial charge in [-0.3, -0.25) is 4.79 Å². The molecule has 54 valence electrons. The van der Waals surface area contributed by atoms with Gasteiger partial charge in [0.2, 0.25) is 0 Å². The summed E-state index contributed by atoms with van der Waals surface area (Å²) in [5.74, 6) is 0. The Balaban J connectivity index is 0. The van der Waals surface area contributed by atoms with Crippen LogP contribution in [0.1, 0.15) is 13.8 Å². The van der Waals surface area contributed by atoms with Crippen LogP contribution in [-0.4, -0.2) is 18.1 Å². The molecule has 0 aromatic heterocycles. The lowest BCUT2D eigenvalue weighted by molar-refractivity contribution is -0.128. The third-order valence-corrected chi connectivity index (χ3v) is 0.235. The number of hydrogen-bond acceptors (Lipinski definition) is 3. The van der Waals surface area contributed by atoms with Crippen LogP contribution < -0.4 is 5.73 Å². The SMILES string of the molecule is CC(N)=S.CCOC=O. The number of hydrogen-bond donors (Lipinski definition) is 1. The van der Waals surface area contributed by atoms with E-state index in [0.29, 0.717) is 18.1 Å². The molecule has 0 aromatic rings. The van der Waals surface area contributed by atoms with E-state index in [1.54, 1.807) is 13.8 Å². The zero-order valence-electron chi connectivity index (χ0n) is 5.59. The third kappa shape index (κ3) is 114. The molecule has 3 nitrogen and oxygen atoms in total. The molecule has 0 aliphatic carbocycles. The molecule has 0 aliphatic heterocycles. The summed E-state index contributed by atoms with van der Waals surface area (Å²) in [5, 5.41) is 0. The van der Waals surface area contributed by atoms with Crippen molar-refractivity contribution < 1.29 is 9.53 Å². The van der Waals surface area contributed by atoms with E-state index in [2.05, 4.69) is 17.0 Å². The second-order valence-corrected chi connectivity index (χ2v) is 1.81. The van der Waals surface area contributed by atoms with Crippen LogP contribution in [0.4, 0.5) is 0 Å². The maximum absolute atomic E-state index is 9.18. The summed E-state index contributed by atoms with van der Waals surface area (Å²) in [4.78, 5) is 9.68. The Bertz CT molecular complexity index is 81.0. The average Bonchev–Trinajstić information content (AvgIpc) is 1.66. The number of nitrogens with two attached hydrogens (primary N) is 1. The largest absolute Gasteiger partial charge is 0.468 e. The van der Waals surface area contributed by atoms with E-state index >= 15 is 0 Å². The highest BCUT2D eigenvalue weighted by Gasteiger charge is 1.60. The van der Waals surface area contributed by atoms with Gasteiger partial charge in [-0.1, -0.05) is 12.2 Å². The van der Waals surface area contributed by atoms with Crippen LogP contribution in [0.15, 0.2) is 0 Å². The minimum absolute atomic E-state index is 0.431.